The number of carbonyl (C=O) groups is 1. The van der Waals surface area contributed by atoms with E-state index in [2.05, 4.69) is 4.90 Å². The van der Waals surface area contributed by atoms with Gasteiger partial charge in [0.1, 0.15) is 12.2 Å². The first-order valence-corrected chi connectivity index (χ1v) is 6.88. The van der Waals surface area contributed by atoms with Crippen molar-refractivity contribution in [2.24, 2.45) is 0 Å². The van der Waals surface area contributed by atoms with Crippen LogP contribution in [0.3, 0.4) is 0 Å². The summed E-state index contributed by atoms with van der Waals surface area (Å²) in [6.07, 6.45) is 3.30. The summed E-state index contributed by atoms with van der Waals surface area (Å²) in [6, 6.07) is 0.643. The van der Waals surface area contributed by atoms with E-state index < -0.39 is 0 Å². The number of hydrogen-bond donors (Lipinski definition) is 0. The number of likely N-dealkylation sites (tertiary alicyclic amines) is 1. The Morgan fingerprint density at radius 2 is 2.06 bits per heavy atom. The van der Waals surface area contributed by atoms with Crippen LogP contribution >= 0.6 is 0 Å². The molecule has 3 aliphatic heterocycles. The molecule has 1 amide bonds. The van der Waals surface area contributed by atoms with Gasteiger partial charge in [0.15, 0.2) is 0 Å². The van der Waals surface area contributed by atoms with Gasteiger partial charge in [0.25, 0.3) is 0 Å². The lowest BCUT2D eigenvalue weighted by Gasteiger charge is -2.39. The van der Waals surface area contributed by atoms with Crippen molar-refractivity contribution in [2.75, 3.05) is 46.5 Å². The maximum absolute atomic E-state index is 11.5. The molecule has 3 rings (SSSR count). The van der Waals surface area contributed by atoms with Crippen molar-refractivity contribution in [2.45, 2.75) is 30.9 Å². The molecule has 5 heteroatoms. The van der Waals surface area contributed by atoms with Gasteiger partial charge >= 0.3 is 0 Å². The van der Waals surface area contributed by atoms with E-state index in [4.69, 9.17) is 9.47 Å². The predicted molar refractivity (Wildman–Crippen MR) is 66.4 cm³/mol. The highest BCUT2D eigenvalue weighted by molar-refractivity contribution is 5.78. The minimum atomic E-state index is -0.110. The quantitative estimate of drug-likeness (QED) is 0.665. The molecule has 0 aromatic rings. The fourth-order valence-electron chi connectivity index (χ4n) is 3.38. The van der Waals surface area contributed by atoms with Crippen LogP contribution < -0.4 is 0 Å². The molecule has 0 aromatic carbocycles. The average Bonchev–Trinajstić information content (AvgIpc) is 2.80. The van der Waals surface area contributed by atoms with Gasteiger partial charge in [0, 0.05) is 39.4 Å². The third-order valence-electron chi connectivity index (χ3n) is 4.51. The van der Waals surface area contributed by atoms with Gasteiger partial charge in [-0.2, -0.15) is 0 Å². The lowest BCUT2D eigenvalue weighted by atomic mass is 10.0. The van der Waals surface area contributed by atoms with Crippen molar-refractivity contribution in [3.05, 3.63) is 0 Å². The number of amides is 1. The Hall–Kier alpha value is -0.650. The van der Waals surface area contributed by atoms with Crippen LogP contribution in [0.25, 0.3) is 0 Å². The van der Waals surface area contributed by atoms with Crippen molar-refractivity contribution >= 4 is 5.91 Å². The molecule has 1 spiro atoms. The first kappa shape index (κ1) is 12.4. The molecule has 0 saturated carbocycles. The van der Waals surface area contributed by atoms with Gasteiger partial charge in [-0.15, -0.1) is 0 Å². The second-order valence-corrected chi connectivity index (χ2v) is 5.79. The monoisotopic (exact) mass is 254 g/mol. The Kier molecular flexibility index (Phi) is 3.30. The highest BCUT2D eigenvalue weighted by Gasteiger charge is 2.45. The fourth-order valence-corrected chi connectivity index (χ4v) is 3.38. The molecule has 0 radical (unpaired) electrons. The van der Waals surface area contributed by atoms with Crippen molar-refractivity contribution in [1.29, 1.82) is 0 Å². The zero-order chi connectivity index (χ0) is 12.6. The van der Waals surface area contributed by atoms with Crippen LogP contribution in [-0.4, -0.2) is 73.9 Å². The highest BCUT2D eigenvalue weighted by atomic mass is 16.5. The molecule has 0 bridgehead atoms. The van der Waals surface area contributed by atoms with Crippen molar-refractivity contribution in [3.8, 4) is 0 Å². The molecule has 3 aliphatic rings. The van der Waals surface area contributed by atoms with Crippen LogP contribution in [0.15, 0.2) is 0 Å². The van der Waals surface area contributed by atoms with Gasteiger partial charge < -0.3 is 14.4 Å². The van der Waals surface area contributed by atoms with Crippen LogP contribution in [0.5, 0.6) is 0 Å². The van der Waals surface area contributed by atoms with Gasteiger partial charge in [-0.05, 0) is 19.3 Å². The van der Waals surface area contributed by atoms with Gasteiger partial charge in [0.05, 0.1) is 6.54 Å². The highest BCUT2D eigenvalue weighted by Crippen LogP contribution is 2.32. The normalized spacial score (nSPS) is 35.6. The topological polar surface area (TPSA) is 42.0 Å². The zero-order valence-electron chi connectivity index (χ0n) is 11.1. The standard InChI is InChI=1S/C13H22N2O3/c1-14-9-13(18-8-12(14)16)4-5-15(10-13)11-2-6-17-7-3-11/h11H,2-10H2,1H3/t13-/m0/s1. The molecular formula is C13H22N2O3. The summed E-state index contributed by atoms with van der Waals surface area (Å²) in [5.74, 6) is 0.102. The molecule has 102 valence electrons. The van der Waals surface area contributed by atoms with Gasteiger partial charge in [0.2, 0.25) is 5.91 Å². The Bertz CT molecular complexity index is 330. The molecule has 0 N–H and O–H groups in total. The Morgan fingerprint density at radius 3 is 2.78 bits per heavy atom. The Morgan fingerprint density at radius 1 is 1.28 bits per heavy atom. The second-order valence-electron chi connectivity index (χ2n) is 5.79. The first-order chi connectivity index (χ1) is 8.69. The van der Waals surface area contributed by atoms with Crippen molar-refractivity contribution < 1.29 is 14.3 Å². The van der Waals surface area contributed by atoms with E-state index in [0.717, 1.165) is 52.1 Å². The fraction of sp³-hybridized carbons (Fsp3) is 0.923. The molecule has 0 unspecified atom stereocenters. The number of rotatable bonds is 1. The maximum atomic E-state index is 11.5. The summed E-state index contributed by atoms with van der Waals surface area (Å²) in [4.78, 5) is 15.8. The van der Waals surface area contributed by atoms with E-state index in [1.807, 2.05) is 11.9 Å². The molecule has 1 atom stereocenters. The summed E-state index contributed by atoms with van der Waals surface area (Å²) < 4.78 is 11.3. The summed E-state index contributed by atoms with van der Waals surface area (Å²) >= 11 is 0. The van der Waals surface area contributed by atoms with E-state index in [-0.39, 0.29) is 18.1 Å². The largest absolute Gasteiger partial charge is 0.381 e. The maximum Gasteiger partial charge on any atom is 0.248 e. The van der Waals surface area contributed by atoms with Crippen LogP contribution in [0.4, 0.5) is 0 Å². The lowest BCUT2D eigenvalue weighted by molar-refractivity contribution is -0.159. The van der Waals surface area contributed by atoms with Crippen LogP contribution in [-0.2, 0) is 14.3 Å². The Balaban J connectivity index is 1.61. The molecule has 5 nitrogen and oxygen atoms in total. The molecule has 0 aliphatic carbocycles. The number of likely N-dealkylation sites (N-methyl/N-ethyl adjacent to an activating group) is 1. The zero-order valence-corrected chi connectivity index (χ0v) is 11.1. The molecule has 18 heavy (non-hydrogen) atoms. The van der Waals surface area contributed by atoms with E-state index in [0.29, 0.717) is 6.04 Å². The molecule has 3 heterocycles. The van der Waals surface area contributed by atoms with Crippen molar-refractivity contribution in [1.82, 2.24) is 9.80 Å². The first-order valence-electron chi connectivity index (χ1n) is 6.88. The second kappa shape index (κ2) is 4.79. The van der Waals surface area contributed by atoms with E-state index in [1.165, 1.54) is 0 Å². The van der Waals surface area contributed by atoms with E-state index >= 15 is 0 Å². The van der Waals surface area contributed by atoms with Gasteiger partial charge in [-0.25, -0.2) is 0 Å². The number of ether oxygens (including phenoxy) is 2. The third kappa shape index (κ3) is 2.27. The van der Waals surface area contributed by atoms with Crippen LogP contribution in [0.1, 0.15) is 19.3 Å². The summed E-state index contributed by atoms with van der Waals surface area (Å²) in [5, 5.41) is 0. The lowest BCUT2D eigenvalue weighted by Crippen LogP contribution is -2.55. The van der Waals surface area contributed by atoms with Gasteiger partial charge in [-0.3, -0.25) is 9.69 Å². The Labute approximate surface area is 108 Å². The summed E-state index contributed by atoms with van der Waals surface area (Å²) in [6.45, 7) is 4.81. The number of nitrogens with zero attached hydrogens (tertiary/aromatic N) is 2. The van der Waals surface area contributed by atoms with Crippen LogP contribution in [0.2, 0.25) is 0 Å². The SMILES string of the molecule is CN1C[C@]2(CCN(C3CCOCC3)C2)OCC1=O. The van der Waals surface area contributed by atoms with Crippen molar-refractivity contribution in [3.63, 3.8) is 0 Å². The molecule has 3 saturated heterocycles. The molecular weight excluding hydrogens is 232 g/mol. The number of carbonyl (C=O) groups excluding carboxylic acids is 1. The summed E-state index contributed by atoms with van der Waals surface area (Å²) in [5.41, 5.74) is -0.110. The van der Waals surface area contributed by atoms with E-state index in [9.17, 15) is 4.79 Å². The van der Waals surface area contributed by atoms with Gasteiger partial charge in [-0.1, -0.05) is 0 Å². The molecule has 3 fully saturated rings. The number of morpholine rings is 1. The number of hydrogen-bond acceptors (Lipinski definition) is 4. The molecule has 0 aromatic heterocycles. The van der Waals surface area contributed by atoms with Crippen LogP contribution in [0, 0.1) is 0 Å². The average molecular weight is 254 g/mol. The minimum absolute atomic E-state index is 0.102. The smallest absolute Gasteiger partial charge is 0.248 e. The third-order valence-corrected chi connectivity index (χ3v) is 4.51. The summed E-state index contributed by atoms with van der Waals surface area (Å²) in [7, 11) is 1.88. The predicted octanol–water partition coefficient (Wildman–Crippen LogP) is 0.0985. The van der Waals surface area contributed by atoms with E-state index in [1.54, 1.807) is 0 Å². The minimum Gasteiger partial charge on any atom is -0.381 e.